The average molecular weight is 245 g/mol. The average Bonchev–Trinajstić information content (AvgIpc) is 2.29. The van der Waals surface area contributed by atoms with Gasteiger partial charge in [0.1, 0.15) is 5.69 Å². The molecule has 6 heteroatoms. The molecule has 0 aliphatic carbocycles. The Labute approximate surface area is 97.9 Å². The van der Waals surface area contributed by atoms with Gasteiger partial charge in [0.05, 0.1) is 11.9 Å². The molecule has 0 bridgehead atoms. The number of anilines is 1. The molecule has 1 fully saturated rings. The number of likely N-dealkylation sites (N-methyl/N-ethyl adjacent to an activating group) is 1. The molecule has 0 radical (unpaired) electrons. The fourth-order valence-electron chi connectivity index (χ4n) is 1.81. The smallest absolute Gasteiger partial charge is 0.368 e. The Bertz CT molecular complexity index is 367. The van der Waals surface area contributed by atoms with Crippen LogP contribution in [0.2, 0.25) is 0 Å². The summed E-state index contributed by atoms with van der Waals surface area (Å²) in [5.74, 6) is 0. The van der Waals surface area contributed by atoms with E-state index in [1.807, 2.05) is 11.9 Å². The lowest BCUT2D eigenvalue weighted by atomic mass is 10.2. The number of halogens is 3. The Balaban J connectivity index is 2.08. The van der Waals surface area contributed by atoms with E-state index in [1.165, 1.54) is 12.3 Å². The highest BCUT2D eigenvalue weighted by molar-refractivity contribution is 5.45. The molecule has 94 valence electrons. The molecular weight excluding hydrogens is 231 g/mol. The van der Waals surface area contributed by atoms with E-state index in [1.54, 1.807) is 0 Å². The van der Waals surface area contributed by atoms with Gasteiger partial charge >= 0.3 is 6.18 Å². The number of piperazine rings is 1. The lowest BCUT2D eigenvalue weighted by molar-refractivity contribution is -0.141. The highest BCUT2D eigenvalue weighted by Gasteiger charge is 2.32. The van der Waals surface area contributed by atoms with Gasteiger partial charge in [-0.3, -0.25) is 0 Å². The Morgan fingerprint density at radius 2 is 1.76 bits per heavy atom. The molecule has 1 aromatic rings. The maximum absolute atomic E-state index is 12.3. The van der Waals surface area contributed by atoms with Crippen LogP contribution in [-0.4, -0.2) is 43.1 Å². The summed E-state index contributed by atoms with van der Waals surface area (Å²) in [4.78, 5) is 7.70. The van der Waals surface area contributed by atoms with Crippen LogP contribution in [0.4, 0.5) is 18.9 Å². The topological polar surface area (TPSA) is 19.4 Å². The minimum atomic E-state index is -4.36. The molecule has 0 amide bonds. The molecule has 0 atom stereocenters. The molecule has 1 aliphatic rings. The van der Waals surface area contributed by atoms with Gasteiger partial charge in [-0.2, -0.15) is 13.2 Å². The SMILES string of the molecule is CN1CCN(c2ccc(C(F)(F)F)nc2)CC1. The maximum Gasteiger partial charge on any atom is 0.433 e. The van der Waals surface area contributed by atoms with E-state index in [0.717, 1.165) is 37.9 Å². The van der Waals surface area contributed by atoms with Gasteiger partial charge in [-0.25, -0.2) is 4.98 Å². The third-order valence-electron chi connectivity index (χ3n) is 2.91. The summed E-state index contributed by atoms with van der Waals surface area (Å²) in [5, 5.41) is 0. The van der Waals surface area contributed by atoms with Crippen molar-refractivity contribution in [2.75, 3.05) is 38.1 Å². The summed E-state index contributed by atoms with van der Waals surface area (Å²) in [7, 11) is 2.03. The van der Waals surface area contributed by atoms with Gasteiger partial charge in [0.25, 0.3) is 0 Å². The first-order valence-electron chi connectivity index (χ1n) is 5.43. The first-order chi connectivity index (χ1) is 7.97. The van der Waals surface area contributed by atoms with E-state index in [0.29, 0.717) is 0 Å². The number of hydrogen-bond donors (Lipinski definition) is 0. The van der Waals surface area contributed by atoms with Crippen LogP contribution in [0.1, 0.15) is 5.69 Å². The van der Waals surface area contributed by atoms with Gasteiger partial charge in [-0.1, -0.05) is 0 Å². The van der Waals surface area contributed by atoms with Crippen LogP contribution in [-0.2, 0) is 6.18 Å². The second-order valence-corrected chi connectivity index (χ2v) is 4.19. The highest BCUT2D eigenvalue weighted by Crippen LogP contribution is 2.28. The molecule has 0 spiro atoms. The largest absolute Gasteiger partial charge is 0.433 e. The van der Waals surface area contributed by atoms with Crippen LogP contribution in [0, 0.1) is 0 Å². The molecule has 2 rings (SSSR count). The molecule has 0 aromatic carbocycles. The minimum Gasteiger partial charge on any atom is -0.368 e. The molecule has 0 N–H and O–H groups in total. The molecule has 1 aliphatic heterocycles. The van der Waals surface area contributed by atoms with Crippen molar-refractivity contribution in [1.29, 1.82) is 0 Å². The number of rotatable bonds is 1. The van der Waals surface area contributed by atoms with Crippen LogP contribution in [0.15, 0.2) is 18.3 Å². The van der Waals surface area contributed by atoms with Crippen LogP contribution in [0.5, 0.6) is 0 Å². The molecule has 1 aromatic heterocycles. The van der Waals surface area contributed by atoms with E-state index in [-0.39, 0.29) is 0 Å². The summed E-state index contributed by atoms with van der Waals surface area (Å²) in [5.41, 5.74) is -0.0820. The van der Waals surface area contributed by atoms with Gasteiger partial charge in [0.15, 0.2) is 0 Å². The maximum atomic E-state index is 12.3. The molecule has 2 heterocycles. The fourth-order valence-corrected chi connectivity index (χ4v) is 1.81. The number of alkyl halides is 3. The number of nitrogens with zero attached hydrogens (tertiary/aromatic N) is 3. The summed E-state index contributed by atoms with van der Waals surface area (Å²) < 4.78 is 37.0. The Kier molecular flexibility index (Phi) is 3.24. The number of pyridine rings is 1. The fraction of sp³-hybridized carbons (Fsp3) is 0.545. The van der Waals surface area contributed by atoms with Gasteiger partial charge in [0, 0.05) is 26.2 Å². The van der Waals surface area contributed by atoms with Crippen molar-refractivity contribution in [3.05, 3.63) is 24.0 Å². The summed E-state index contributed by atoms with van der Waals surface area (Å²) in [6, 6.07) is 2.52. The minimum absolute atomic E-state index is 0.756. The van der Waals surface area contributed by atoms with Crippen molar-refractivity contribution in [2.45, 2.75) is 6.18 Å². The highest BCUT2D eigenvalue weighted by atomic mass is 19.4. The summed E-state index contributed by atoms with van der Waals surface area (Å²) >= 11 is 0. The second kappa shape index (κ2) is 4.52. The monoisotopic (exact) mass is 245 g/mol. The Morgan fingerprint density at radius 1 is 1.12 bits per heavy atom. The number of aromatic nitrogens is 1. The van der Waals surface area contributed by atoms with Gasteiger partial charge < -0.3 is 9.80 Å². The molecule has 0 unspecified atom stereocenters. The van der Waals surface area contributed by atoms with Crippen molar-refractivity contribution in [1.82, 2.24) is 9.88 Å². The van der Waals surface area contributed by atoms with Crippen molar-refractivity contribution in [2.24, 2.45) is 0 Å². The zero-order valence-corrected chi connectivity index (χ0v) is 9.54. The molecule has 3 nitrogen and oxygen atoms in total. The predicted octanol–water partition coefficient (Wildman–Crippen LogP) is 1.85. The first kappa shape index (κ1) is 12.2. The quantitative estimate of drug-likeness (QED) is 0.752. The third-order valence-corrected chi connectivity index (χ3v) is 2.91. The van der Waals surface area contributed by atoms with E-state index in [9.17, 15) is 13.2 Å². The summed E-state index contributed by atoms with van der Waals surface area (Å²) in [6.07, 6.45) is -3.06. The molecule has 0 saturated carbocycles. The van der Waals surface area contributed by atoms with Gasteiger partial charge in [0.2, 0.25) is 0 Å². The first-order valence-corrected chi connectivity index (χ1v) is 5.43. The normalized spacial score (nSPS) is 18.5. The van der Waals surface area contributed by atoms with Crippen LogP contribution in [0.25, 0.3) is 0 Å². The molecule has 17 heavy (non-hydrogen) atoms. The standard InChI is InChI=1S/C11H14F3N3/c1-16-4-6-17(7-5-16)9-2-3-10(15-8-9)11(12,13)14/h2-3,8H,4-7H2,1H3. The third kappa shape index (κ3) is 2.88. The van der Waals surface area contributed by atoms with E-state index in [2.05, 4.69) is 9.88 Å². The van der Waals surface area contributed by atoms with E-state index >= 15 is 0 Å². The van der Waals surface area contributed by atoms with E-state index in [4.69, 9.17) is 0 Å². The summed E-state index contributed by atoms with van der Waals surface area (Å²) in [6.45, 7) is 3.48. The van der Waals surface area contributed by atoms with Crippen molar-refractivity contribution in [3.63, 3.8) is 0 Å². The molecule has 1 saturated heterocycles. The van der Waals surface area contributed by atoms with Crippen LogP contribution < -0.4 is 4.90 Å². The lowest BCUT2D eigenvalue weighted by Gasteiger charge is -2.33. The molecular formula is C11H14F3N3. The van der Waals surface area contributed by atoms with Gasteiger partial charge in [-0.05, 0) is 19.2 Å². The van der Waals surface area contributed by atoms with Crippen molar-refractivity contribution >= 4 is 5.69 Å². The van der Waals surface area contributed by atoms with Crippen LogP contribution >= 0.6 is 0 Å². The zero-order chi connectivity index (χ0) is 12.5. The van der Waals surface area contributed by atoms with E-state index < -0.39 is 11.9 Å². The van der Waals surface area contributed by atoms with Crippen LogP contribution in [0.3, 0.4) is 0 Å². The number of hydrogen-bond acceptors (Lipinski definition) is 3. The zero-order valence-electron chi connectivity index (χ0n) is 9.54. The second-order valence-electron chi connectivity index (χ2n) is 4.19. The Hall–Kier alpha value is -1.30. The van der Waals surface area contributed by atoms with Crippen molar-refractivity contribution in [3.8, 4) is 0 Å². The van der Waals surface area contributed by atoms with Crippen molar-refractivity contribution < 1.29 is 13.2 Å². The van der Waals surface area contributed by atoms with Gasteiger partial charge in [-0.15, -0.1) is 0 Å². The predicted molar refractivity (Wildman–Crippen MR) is 58.9 cm³/mol. The Morgan fingerprint density at radius 3 is 2.24 bits per heavy atom. The lowest BCUT2D eigenvalue weighted by Crippen LogP contribution is -2.44.